The van der Waals surface area contributed by atoms with Gasteiger partial charge in [-0.25, -0.2) is 0 Å². The van der Waals surface area contributed by atoms with Crippen LogP contribution in [0.2, 0.25) is 0 Å². The number of nitrogens with one attached hydrogen (secondary N) is 1. The number of nitrogens with zero attached hydrogens (tertiary/aromatic N) is 1. The van der Waals surface area contributed by atoms with Crippen LogP contribution in [0, 0.1) is 0 Å². The second-order valence-corrected chi connectivity index (χ2v) is 5.09. The molecular weight excluding hydrogens is 220 g/mol. The van der Waals surface area contributed by atoms with Gasteiger partial charge in [0.05, 0.1) is 12.7 Å². The Hall–Kier alpha value is -0.580. The van der Waals surface area contributed by atoms with Crippen LogP contribution in [0.5, 0.6) is 0 Å². The van der Waals surface area contributed by atoms with Gasteiger partial charge in [0.15, 0.2) is 0 Å². The van der Waals surface area contributed by atoms with E-state index in [-0.39, 0.29) is 0 Å². The number of thioether (sulfide) groups is 1. The van der Waals surface area contributed by atoms with E-state index < -0.39 is 0 Å². The van der Waals surface area contributed by atoms with E-state index in [2.05, 4.69) is 22.4 Å². The maximum atomic E-state index is 5.80. The molecule has 0 bridgehead atoms. The fraction of sp³-hybridized carbons (Fsp3) is 0.583. The van der Waals surface area contributed by atoms with Gasteiger partial charge in [0.2, 0.25) is 0 Å². The highest BCUT2D eigenvalue weighted by Crippen LogP contribution is 2.17. The second-order valence-electron chi connectivity index (χ2n) is 3.94. The molecule has 16 heavy (non-hydrogen) atoms. The Morgan fingerprint density at radius 1 is 1.56 bits per heavy atom. The van der Waals surface area contributed by atoms with Gasteiger partial charge in [-0.15, -0.1) is 0 Å². The van der Waals surface area contributed by atoms with E-state index in [1.165, 1.54) is 5.56 Å². The van der Waals surface area contributed by atoms with Crippen LogP contribution in [0.25, 0.3) is 0 Å². The van der Waals surface area contributed by atoms with Crippen LogP contribution in [0.1, 0.15) is 5.56 Å². The average molecular weight is 238 g/mol. The monoisotopic (exact) mass is 238 g/mol. The molecule has 1 aliphatic heterocycles. The summed E-state index contributed by atoms with van der Waals surface area (Å²) in [5, 5.41) is 3.36. The van der Waals surface area contributed by atoms with E-state index in [0.717, 1.165) is 24.5 Å². The number of hydrogen-bond acceptors (Lipinski definition) is 4. The van der Waals surface area contributed by atoms with Crippen molar-refractivity contribution in [2.45, 2.75) is 18.6 Å². The fourth-order valence-electron chi connectivity index (χ4n) is 1.93. The predicted molar refractivity (Wildman–Crippen MR) is 67.9 cm³/mol. The lowest BCUT2D eigenvalue weighted by molar-refractivity contribution is 0.0492. The average Bonchev–Trinajstić information content (AvgIpc) is 2.38. The number of hydrogen-bond donors (Lipinski definition) is 1. The maximum absolute atomic E-state index is 5.80. The summed E-state index contributed by atoms with van der Waals surface area (Å²) in [5.41, 5.74) is 1.31. The minimum absolute atomic E-state index is 0.330. The predicted octanol–water partition coefficient (Wildman–Crippen LogP) is 1.34. The van der Waals surface area contributed by atoms with Crippen molar-refractivity contribution in [1.29, 1.82) is 0 Å². The van der Waals surface area contributed by atoms with Crippen molar-refractivity contribution in [2.75, 3.05) is 25.2 Å². The molecule has 0 aromatic carbocycles. The van der Waals surface area contributed by atoms with E-state index in [1.54, 1.807) is 0 Å². The Balaban J connectivity index is 1.94. The van der Waals surface area contributed by atoms with Crippen LogP contribution in [-0.2, 0) is 11.2 Å². The molecule has 0 spiro atoms. The fourth-order valence-corrected chi connectivity index (χ4v) is 2.87. The first-order chi connectivity index (χ1) is 7.90. The van der Waals surface area contributed by atoms with Gasteiger partial charge in [0.1, 0.15) is 0 Å². The topological polar surface area (TPSA) is 34.2 Å². The molecule has 1 saturated heterocycles. The highest BCUT2D eigenvalue weighted by Gasteiger charge is 2.23. The van der Waals surface area contributed by atoms with Gasteiger partial charge in [-0.2, -0.15) is 11.8 Å². The smallest absolute Gasteiger partial charge is 0.0821 e. The Bertz CT molecular complexity index is 301. The molecule has 2 heterocycles. The molecule has 0 amide bonds. The van der Waals surface area contributed by atoms with Crippen LogP contribution in [-0.4, -0.2) is 42.3 Å². The van der Waals surface area contributed by atoms with E-state index >= 15 is 0 Å². The van der Waals surface area contributed by atoms with E-state index in [9.17, 15) is 0 Å². The van der Waals surface area contributed by atoms with E-state index in [4.69, 9.17) is 4.74 Å². The molecular formula is C12H18N2OS. The zero-order valence-corrected chi connectivity index (χ0v) is 10.4. The van der Waals surface area contributed by atoms with Crippen LogP contribution in [0.4, 0.5) is 0 Å². The summed E-state index contributed by atoms with van der Waals surface area (Å²) in [6.07, 6.45) is 5.03. The van der Waals surface area contributed by atoms with E-state index in [0.29, 0.717) is 12.1 Å². The Morgan fingerprint density at radius 3 is 3.00 bits per heavy atom. The number of likely N-dealkylation sites (N-methyl/N-ethyl adjacent to an activating group) is 1. The zero-order chi connectivity index (χ0) is 11.2. The van der Waals surface area contributed by atoms with Crippen LogP contribution >= 0.6 is 11.8 Å². The summed E-state index contributed by atoms with van der Waals surface area (Å²) in [7, 11) is 2.01. The maximum Gasteiger partial charge on any atom is 0.0821 e. The standard InChI is InChI=1S/C12H18N2OS/c1-13-11(12-9-16-7-6-15-12)8-10-2-4-14-5-3-10/h2-5,11-13H,6-9H2,1H3. The lowest BCUT2D eigenvalue weighted by atomic mass is 10.0. The minimum Gasteiger partial charge on any atom is -0.375 e. The van der Waals surface area contributed by atoms with Crippen molar-refractivity contribution in [3.05, 3.63) is 30.1 Å². The summed E-state index contributed by atoms with van der Waals surface area (Å²) in [6.45, 7) is 0.879. The largest absolute Gasteiger partial charge is 0.375 e. The van der Waals surface area contributed by atoms with Gasteiger partial charge < -0.3 is 10.1 Å². The number of aromatic nitrogens is 1. The first kappa shape index (κ1) is 11.9. The Morgan fingerprint density at radius 2 is 2.38 bits per heavy atom. The SMILES string of the molecule is CNC(Cc1ccncc1)C1CSCCO1. The molecule has 2 unspecified atom stereocenters. The van der Waals surface area contributed by atoms with Crippen LogP contribution in [0.3, 0.4) is 0 Å². The number of ether oxygens (including phenoxy) is 1. The molecule has 2 atom stereocenters. The number of pyridine rings is 1. The van der Waals surface area contributed by atoms with Gasteiger partial charge in [-0.3, -0.25) is 4.98 Å². The molecule has 1 fully saturated rings. The lowest BCUT2D eigenvalue weighted by Crippen LogP contribution is -2.44. The van der Waals surface area contributed by atoms with Gasteiger partial charge >= 0.3 is 0 Å². The third-order valence-electron chi connectivity index (χ3n) is 2.87. The first-order valence-electron chi connectivity index (χ1n) is 5.65. The van der Waals surface area contributed by atoms with Crippen molar-refractivity contribution < 1.29 is 4.74 Å². The Kier molecular flexibility index (Phi) is 4.63. The molecule has 3 nitrogen and oxygen atoms in total. The molecule has 4 heteroatoms. The molecule has 88 valence electrons. The molecule has 0 radical (unpaired) electrons. The molecule has 0 aliphatic carbocycles. The highest BCUT2D eigenvalue weighted by atomic mass is 32.2. The highest BCUT2D eigenvalue weighted by molar-refractivity contribution is 7.99. The summed E-state index contributed by atoms with van der Waals surface area (Å²) in [4.78, 5) is 4.04. The molecule has 2 rings (SSSR count). The molecule has 1 aromatic rings. The van der Waals surface area contributed by atoms with E-state index in [1.807, 2.05) is 31.2 Å². The normalized spacial score (nSPS) is 22.9. The summed E-state index contributed by atoms with van der Waals surface area (Å²) >= 11 is 1.98. The lowest BCUT2D eigenvalue weighted by Gasteiger charge is -2.30. The molecule has 1 N–H and O–H groups in total. The van der Waals surface area contributed by atoms with Gasteiger partial charge in [-0.05, 0) is 31.2 Å². The summed E-state index contributed by atoms with van der Waals surface area (Å²) < 4.78 is 5.80. The molecule has 1 aliphatic rings. The first-order valence-corrected chi connectivity index (χ1v) is 6.81. The number of rotatable bonds is 4. The van der Waals surface area contributed by atoms with Gasteiger partial charge in [0.25, 0.3) is 0 Å². The van der Waals surface area contributed by atoms with Crippen molar-refractivity contribution in [1.82, 2.24) is 10.3 Å². The third kappa shape index (κ3) is 3.20. The van der Waals surface area contributed by atoms with Crippen molar-refractivity contribution in [3.63, 3.8) is 0 Å². The van der Waals surface area contributed by atoms with Crippen LogP contribution in [0.15, 0.2) is 24.5 Å². The van der Waals surface area contributed by atoms with Gasteiger partial charge in [-0.1, -0.05) is 0 Å². The Labute approximate surface area is 101 Å². The van der Waals surface area contributed by atoms with Crippen molar-refractivity contribution in [3.8, 4) is 0 Å². The zero-order valence-electron chi connectivity index (χ0n) is 9.56. The minimum atomic E-state index is 0.330. The van der Waals surface area contributed by atoms with Crippen molar-refractivity contribution >= 4 is 11.8 Å². The quantitative estimate of drug-likeness (QED) is 0.858. The van der Waals surface area contributed by atoms with Crippen LogP contribution < -0.4 is 5.32 Å². The third-order valence-corrected chi connectivity index (χ3v) is 3.89. The van der Waals surface area contributed by atoms with Gasteiger partial charge in [0, 0.05) is 29.9 Å². The summed E-state index contributed by atoms with van der Waals surface area (Å²) in [5.74, 6) is 2.22. The molecule has 1 aromatic heterocycles. The molecule has 0 saturated carbocycles. The van der Waals surface area contributed by atoms with Crippen molar-refractivity contribution in [2.24, 2.45) is 0 Å². The summed E-state index contributed by atoms with van der Waals surface area (Å²) in [6, 6.07) is 4.54. The second kappa shape index (κ2) is 6.23.